The Kier molecular flexibility index (Phi) is 6.42. The highest BCUT2D eigenvalue weighted by atomic mass is 127. The van der Waals surface area contributed by atoms with Crippen LogP contribution < -0.4 is 32.1 Å². The van der Waals surface area contributed by atoms with E-state index in [0.717, 1.165) is 10.8 Å². The lowest BCUT2D eigenvalue weighted by Crippen LogP contribution is -3.61. The lowest BCUT2D eigenvalue weighted by Gasteiger charge is -2.07. The lowest BCUT2D eigenvalue weighted by molar-refractivity contribution is -0.597. The van der Waals surface area contributed by atoms with Gasteiger partial charge < -0.3 is 0 Å². The Hall–Kier alpha value is -1.90. The van der Waals surface area contributed by atoms with Crippen molar-refractivity contribution in [3.8, 4) is 0 Å². The van der Waals surface area contributed by atoms with Crippen LogP contribution in [0.25, 0.3) is 0 Å². The fraction of sp³-hybridized carbons (Fsp3) is 0.143. The van der Waals surface area contributed by atoms with E-state index in [1.807, 2.05) is 12.1 Å². The van der Waals surface area contributed by atoms with Crippen LogP contribution in [0.15, 0.2) is 48.5 Å². The molecule has 3 aromatic carbocycles. The molecule has 28 heavy (non-hydrogen) atoms. The van der Waals surface area contributed by atoms with Gasteiger partial charge in [-0.15, -0.1) is 0 Å². The van der Waals surface area contributed by atoms with Crippen LogP contribution in [0.2, 0.25) is 0 Å². The summed E-state index contributed by atoms with van der Waals surface area (Å²) in [7, 11) is 0.954. The van der Waals surface area contributed by atoms with Crippen molar-refractivity contribution in [3.63, 3.8) is 0 Å². The van der Waals surface area contributed by atoms with E-state index in [0.29, 0.717) is 11.4 Å². The van der Waals surface area contributed by atoms with Crippen molar-refractivity contribution >= 4 is 18.2 Å². The number of benzene rings is 3. The second-order valence-corrected chi connectivity index (χ2v) is 9.51. The molecule has 0 unspecified atom stereocenters. The number of hydrogen-bond acceptors (Lipinski definition) is 0. The SMILES string of the molecule is CC(C)c1ccc([I+]c2ccc([B]c3c(F)c(F)c(F)c(F)c3F)cc2)cc1. The average Bonchev–Trinajstić information content (AvgIpc) is 2.70. The highest BCUT2D eigenvalue weighted by molar-refractivity contribution is 6.67. The molecule has 0 bridgehead atoms. The van der Waals surface area contributed by atoms with Gasteiger partial charge in [-0.05, 0) is 41.2 Å². The zero-order valence-corrected chi connectivity index (χ0v) is 17.2. The van der Waals surface area contributed by atoms with Crippen LogP contribution in [0.5, 0.6) is 0 Å². The van der Waals surface area contributed by atoms with Crippen LogP contribution in [-0.2, 0) is 0 Å². The summed E-state index contributed by atoms with van der Waals surface area (Å²) < 4.78 is 69.6. The molecule has 0 saturated carbocycles. The van der Waals surface area contributed by atoms with Crippen molar-refractivity contribution < 1.29 is 43.2 Å². The van der Waals surface area contributed by atoms with Gasteiger partial charge in [-0.2, -0.15) is 0 Å². The van der Waals surface area contributed by atoms with Gasteiger partial charge in [0.1, 0.15) is 0 Å². The zero-order chi connectivity index (χ0) is 20.4. The van der Waals surface area contributed by atoms with Crippen molar-refractivity contribution in [2.24, 2.45) is 0 Å². The molecule has 0 amide bonds. The first-order valence-corrected chi connectivity index (χ1v) is 10.6. The molecule has 0 spiro atoms. The Morgan fingerprint density at radius 3 is 1.54 bits per heavy atom. The number of rotatable bonds is 5. The van der Waals surface area contributed by atoms with Crippen LogP contribution in [-0.4, -0.2) is 7.28 Å². The van der Waals surface area contributed by atoms with Crippen molar-refractivity contribution in [1.82, 2.24) is 0 Å². The minimum atomic E-state index is -2.16. The van der Waals surface area contributed by atoms with Crippen molar-refractivity contribution in [2.45, 2.75) is 19.8 Å². The third-order valence-electron chi connectivity index (χ3n) is 4.18. The van der Waals surface area contributed by atoms with Gasteiger partial charge in [0.05, 0.1) is 0 Å². The third-order valence-corrected chi connectivity index (χ3v) is 6.86. The quantitative estimate of drug-likeness (QED) is 0.163. The summed E-state index contributed by atoms with van der Waals surface area (Å²) >= 11 is -0.437. The fourth-order valence-corrected chi connectivity index (χ4v) is 4.73. The first-order chi connectivity index (χ1) is 13.3. The Labute approximate surface area is 171 Å². The van der Waals surface area contributed by atoms with E-state index in [2.05, 4.69) is 38.1 Å². The Morgan fingerprint density at radius 1 is 0.643 bits per heavy atom. The molecule has 0 fully saturated rings. The molecule has 0 N–H and O–H groups in total. The molecule has 0 saturated heterocycles. The molecule has 1 radical (unpaired) electrons. The summed E-state index contributed by atoms with van der Waals surface area (Å²) in [6.45, 7) is 4.26. The fourth-order valence-electron chi connectivity index (χ4n) is 2.57. The Balaban J connectivity index is 1.77. The topological polar surface area (TPSA) is 0 Å². The van der Waals surface area contributed by atoms with Crippen molar-refractivity contribution in [1.29, 1.82) is 0 Å². The zero-order valence-electron chi connectivity index (χ0n) is 15.0. The second-order valence-electron chi connectivity index (χ2n) is 6.48. The van der Waals surface area contributed by atoms with Gasteiger partial charge >= 0.3 is 21.2 Å². The van der Waals surface area contributed by atoms with Crippen molar-refractivity contribution in [3.05, 3.63) is 90.3 Å². The Bertz CT molecular complexity index is 956. The van der Waals surface area contributed by atoms with E-state index in [1.54, 1.807) is 12.1 Å². The molecule has 0 nitrogen and oxygen atoms in total. The monoisotopic (exact) mass is 500 g/mol. The van der Waals surface area contributed by atoms with E-state index in [9.17, 15) is 22.0 Å². The molecule has 0 atom stereocenters. The maximum atomic E-state index is 13.8. The highest BCUT2D eigenvalue weighted by Crippen LogP contribution is 2.15. The van der Waals surface area contributed by atoms with Crippen LogP contribution in [0, 0.1) is 36.2 Å². The molecule has 0 aliphatic rings. The summed E-state index contributed by atoms with van der Waals surface area (Å²) in [5.41, 5.74) is 0.676. The molecule has 0 aliphatic carbocycles. The normalized spacial score (nSPS) is 11.1. The Morgan fingerprint density at radius 2 is 1.07 bits per heavy atom. The molecule has 3 aromatic rings. The second kappa shape index (κ2) is 8.63. The lowest BCUT2D eigenvalue weighted by atomic mass is 9.63. The summed E-state index contributed by atoms with van der Waals surface area (Å²) in [4.78, 5) is 0. The molecule has 7 heteroatoms. The highest BCUT2D eigenvalue weighted by Gasteiger charge is 2.26. The van der Waals surface area contributed by atoms with E-state index in [4.69, 9.17) is 0 Å². The van der Waals surface area contributed by atoms with E-state index in [1.165, 1.54) is 9.13 Å². The minimum absolute atomic E-state index is 0.353. The smallest absolute Gasteiger partial charge is 0.204 e. The van der Waals surface area contributed by atoms with Gasteiger partial charge in [-0.3, -0.25) is 0 Å². The van der Waals surface area contributed by atoms with Crippen LogP contribution in [0.1, 0.15) is 25.3 Å². The predicted molar refractivity (Wildman–Crippen MR) is 95.6 cm³/mol. The van der Waals surface area contributed by atoms with Gasteiger partial charge in [-0.25, -0.2) is 22.0 Å². The summed E-state index contributed by atoms with van der Waals surface area (Å²) in [5, 5.41) is 0. The maximum Gasteiger partial charge on any atom is 0.357 e. The van der Waals surface area contributed by atoms with Gasteiger partial charge in [0.25, 0.3) is 0 Å². The summed E-state index contributed by atoms with van der Waals surface area (Å²) in [5.74, 6) is -9.26. The van der Waals surface area contributed by atoms with Crippen molar-refractivity contribution in [2.75, 3.05) is 0 Å². The first-order valence-electron chi connectivity index (χ1n) is 8.49. The number of hydrogen-bond donors (Lipinski definition) is 0. The molecular weight excluding hydrogens is 485 g/mol. The summed E-state index contributed by atoms with van der Waals surface area (Å²) in [6, 6.07) is 15.2. The van der Waals surface area contributed by atoms with Gasteiger partial charge in [0.15, 0.2) is 43.5 Å². The van der Waals surface area contributed by atoms with Crippen LogP contribution >= 0.6 is 0 Å². The predicted octanol–water partition coefficient (Wildman–Crippen LogP) is 1.29. The third kappa shape index (κ3) is 4.40. The first kappa shape index (κ1) is 20.8. The van der Waals surface area contributed by atoms with E-state index >= 15 is 0 Å². The standard InChI is InChI=1S/C21H15BF5I/c1-11(2)12-3-7-14(8-4-12)28-15-9-5-13(6-10-15)22-16-17(23)19(25)21(27)20(26)18(16)24/h3-11H,1-2H3/q+1. The van der Waals surface area contributed by atoms with Crippen LogP contribution in [0.4, 0.5) is 22.0 Å². The van der Waals surface area contributed by atoms with E-state index in [-0.39, 0.29) is 0 Å². The van der Waals surface area contributed by atoms with Crippen LogP contribution in [0.3, 0.4) is 0 Å². The molecule has 143 valence electrons. The summed E-state index contributed by atoms with van der Waals surface area (Å²) in [6.07, 6.45) is 0. The molecular formula is C21H15BF5I+. The van der Waals surface area contributed by atoms with E-state index < -0.39 is 55.8 Å². The average molecular weight is 500 g/mol. The van der Waals surface area contributed by atoms with Gasteiger partial charge in [0, 0.05) is 0 Å². The molecule has 3 rings (SSSR count). The minimum Gasteiger partial charge on any atom is -0.204 e. The maximum absolute atomic E-state index is 13.8. The van der Waals surface area contributed by atoms with Gasteiger partial charge in [0.2, 0.25) is 0 Å². The number of halogens is 6. The molecule has 0 heterocycles. The largest absolute Gasteiger partial charge is 0.357 e. The molecule has 0 aliphatic heterocycles. The van der Waals surface area contributed by atoms with Gasteiger partial charge in [-0.1, -0.05) is 43.6 Å². The molecule has 0 aromatic heterocycles.